The van der Waals surface area contributed by atoms with Crippen LogP contribution in [-0.4, -0.2) is 24.0 Å². The number of halogens is 1. The Morgan fingerprint density at radius 1 is 1.30 bits per heavy atom. The summed E-state index contributed by atoms with van der Waals surface area (Å²) in [6, 6.07) is 7.89. The predicted molar refractivity (Wildman–Crippen MR) is 87.7 cm³/mol. The molecule has 1 heterocycles. The van der Waals surface area contributed by atoms with Gasteiger partial charge in [-0.05, 0) is 62.3 Å². The number of fused-ring (bicyclic) bond motifs is 1. The Morgan fingerprint density at radius 2 is 2.10 bits per heavy atom. The molecule has 2 aliphatic rings. The first kappa shape index (κ1) is 14.6. The summed E-state index contributed by atoms with van der Waals surface area (Å²) in [6.07, 6.45) is 6.97. The molecular weight excluding hydrogens is 312 g/mol. The van der Waals surface area contributed by atoms with Crippen LogP contribution in [0.3, 0.4) is 0 Å². The minimum absolute atomic E-state index is 0.396. The normalized spacial score (nSPS) is 28.4. The number of benzene rings is 1. The standard InChI is InChI=1S/C17H25BrN2/c1-12-10-14(7-8-15(12)18)17(11-19)20-9-3-5-13-4-2-6-16(13)20/h7-8,10,13,16-17H,2-6,9,11,19H2,1H3. The largest absolute Gasteiger partial charge is 0.329 e. The molecule has 2 fully saturated rings. The van der Waals surface area contributed by atoms with E-state index >= 15 is 0 Å². The Labute approximate surface area is 130 Å². The summed E-state index contributed by atoms with van der Waals surface area (Å²) < 4.78 is 1.19. The number of rotatable bonds is 3. The van der Waals surface area contributed by atoms with Crippen molar-refractivity contribution in [3.63, 3.8) is 0 Å². The van der Waals surface area contributed by atoms with Crippen LogP contribution >= 0.6 is 15.9 Å². The van der Waals surface area contributed by atoms with Gasteiger partial charge in [-0.15, -0.1) is 0 Å². The van der Waals surface area contributed by atoms with Crippen LogP contribution in [0.25, 0.3) is 0 Å². The van der Waals surface area contributed by atoms with Crippen molar-refractivity contribution >= 4 is 15.9 Å². The average molecular weight is 337 g/mol. The Kier molecular flexibility index (Phi) is 4.49. The lowest BCUT2D eigenvalue weighted by Gasteiger charge is -2.42. The third-order valence-corrected chi connectivity index (χ3v) is 6.12. The van der Waals surface area contributed by atoms with E-state index in [1.54, 1.807) is 0 Å². The molecule has 110 valence electrons. The Morgan fingerprint density at radius 3 is 2.85 bits per heavy atom. The molecule has 3 atom stereocenters. The van der Waals surface area contributed by atoms with Gasteiger partial charge in [-0.2, -0.15) is 0 Å². The monoisotopic (exact) mass is 336 g/mol. The van der Waals surface area contributed by atoms with Crippen LogP contribution in [-0.2, 0) is 0 Å². The van der Waals surface area contributed by atoms with Gasteiger partial charge in [0.2, 0.25) is 0 Å². The van der Waals surface area contributed by atoms with E-state index in [1.807, 2.05) is 0 Å². The Hall–Kier alpha value is -0.380. The molecule has 0 spiro atoms. The first-order valence-electron chi connectivity index (χ1n) is 7.92. The summed E-state index contributed by atoms with van der Waals surface area (Å²) >= 11 is 3.60. The molecule has 0 aromatic heterocycles. The number of aryl methyl sites for hydroxylation is 1. The van der Waals surface area contributed by atoms with Gasteiger partial charge in [-0.25, -0.2) is 0 Å². The van der Waals surface area contributed by atoms with Gasteiger partial charge in [0.1, 0.15) is 0 Å². The maximum absolute atomic E-state index is 6.15. The van der Waals surface area contributed by atoms with Gasteiger partial charge in [0.05, 0.1) is 0 Å². The van der Waals surface area contributed by atoms with Crippen LogP contribution in [0.2, 0.25) is 0 Å². The average Bonchev–Trinajstić information content (AvgIpc) is 2.93. The molecule has 20 heavy (non-hydrogen) atoms. The maximum atomic E-state index is 6.15. The Balaban J connectivity index is 1.86. The molecule has 1 aromatic carbocycles. The molecule has 2 N–H and O–H groups in total. The van der Waals surface area contributed by atoms with E-state index in [0.29, 0.717) is 6.04 Å². The van der Waals surface area contributed by atoms with Gasteiger partial charge in [-0.3, -0.25) is 4.90 Å². The molecule has 0 bridgehead atoms. The highest BCUT2D eigenvalue weighted by molar-refractivity contribution is 9.10. The molecule has 0 amide bonds. The van der Waals surface area contributed by atoms with E-state index in [4.69, 9.17) is 5.73 Å². The highest BCUT2D eigenvalue weighted by Gasteiger charge is 2.38. The lowest BCUT2D eigenvalue weighted by atomic mass is 9.89. The molecule has 3 unspecified atom stereocenters. The molecule has 1 aliphatic heterocycles. The number of likely N-dealkylation sites (tertiary alicyclic amines) is 1. The first-order chi connectivity index (χ1) is 9.70. The highest BCUT2D eigenvalue weighted by atomic mass is 79.9. The maximum Gasteiger partial charge on any atom is 0.0473 e. The zero-order valence-electron chi connectivity index (χ0n) is 12.3. The van der Waals surface area contributed by atoms with Crippen LogP contribution in [0.1, 0.15) is 49.3 Å². The fourth-order valence-electron chi connectivity index (χ4n) is 4.22. The van der Waals surface area contributed by atoms with Crippen molar-refractivity contribution in [1.29, 1.82) is 0 Å². The lowest BCUT2D eigenvalue weighted by Crippen LogP contribution is -2.46. The van der Waals surface area contributed by atoms with Crippen LogP contribution in [0.4, 0.5) is 0 Å². The third-order valence-electron chi connectivity index (χ3n) is 5.23. The molecule has 0 radical (unpaired) electrons. The van der Waals surface area contributed by atoms with E-state index in [1.165, 1.54) is 54.2 Å². The second kappa shape index (κ2) is 6.17. The van der Waals surface area contributed by atoms with Gasteiger partial charge in [0.25, 0.3) is 0 Å². The number of piperidine rings is 1. The minimum Gasteiger partial charge on any atom is -0.329 e. The Bertz CT molecular complexity index is 474. The van der Waals surface area contributed by atoms with Gasteiger partial charge >= 0.3 is 0 Å². The number of nitrogens with zero attached hydrogens (tertiary/aromatic N) is 1. The summed E-state index contributed by atoms with van der Waals surface area (Å²) in [5.41, 5.74) is 8.85. The predicted octanol–water partition coefficient (Wildman–Crippen LogP) is 4.02. The second-order valence-corrected chi connectivity index (χ2v) is 7.25. The van der Waals surface area contributed by atoms with Crippen molar-refractivity contribution in [2.45, 2.75) is 51.1 Å². The molecule has 3 rings (SSSR count). The third kappa shape index (κ3) is 2.68. The summed E-state index contributed by atoms with van der Waals surface area (Å²) in [6.45, 7) is 4.11. The van der Waals surface area contributed by atoms with E-state index < -0.39 is 0 Å². The molecule has 1 aliphatic carbocycles. The van der Waals surface area contributed by atoms with Crippen LogP contribution < -0.4 is 5.73 Å². The molecule has 3 heteroatoms. The number of nitrogens with two attached hydrogens (primary N) is 1. The number of hydrogen-bond acceptors (Lipinski definition) is 2. The van der Waals surface area contributed by atoms with E-state index in [-0.39, 0.29) is 0 Å². The quantitative estimate of drug-likeness (QED) is 0.903. The van der Waals surface area contributed by atoms with Crippen molar-refractivity contribution in [3.05, 3.63) is 33.8 Å². The first-order valence-corrected chi connectivity index (χ1v) is 8.72. The topological polar surface area (TPSA) is 29.3 Å². The van der Waals surface area contributed by atoms with Crippen LogP contribution in [0, 0.1) is 12.8 Å². The fourth-order valence-corrected chi connectivity index (χ4v) is 4.46. The highest BCUT2D eigenvalue weighted by Crippen LogP contribution is 2.40. The zero-order chi connectivity index (χ0) is 14.1. The molecular formula is C17H25BrN2. The fraction of sp³-hybridized carbons (Fsp3) is 0.647. The summed E-state index contributed by atoms with van der Waals surface area (Å²) in [5.74, 6) is 0.925. The number of hydrogen-bond donors (Lipinski definition) is 1. The molecule has 2 nitrogen and oxygen atoms in total. The van der Waals surface area contributed by atoms with Gasteiger partial charge in [0.15, 0.2) is 0 Å². The second-order valence-electron chi connectivity index (χ2n) is 6.40. The van der Waals surface area contributed by atoms with Crippen molar-refractivity contribution in [2.75, 3.05) is 13.1 Å². The van der Waals surface area contributed by atoms with Gasteiger partial charge in [-0.1, -0.05) is 34.5 Å². The SMILES string of the molecule is Cc1cc(C(CN)N2CCCC3CCCC32)ccc1Br. The summed E-state index contributed by atoms with van der Waals surface area (Å²) in [5, 5.41) is 0. The van der Waals surface area contributed by atoms with Crippen molar-refractivity contribution in [1.82, 2.24) is 4.90 Å². The van der Waals surface area contributed by atoms with E-state index in [2.05, 4.69) is 46.0 Å². The summed E-state index contributed by atoms with van der Waals surface area (Å²) in [4.78, 5) is 2.71. The minimum atomic E-state index is 0.396. The van der Waals surface area contributed by atoms with E-state index in [9.17, 15) is 0 Å². The molecule has 1 aromatic rings. The summed E-state index contributed by atoms with van der Waals surface area (Å²) in [7, 11) is 0. The van der Waals surface area contributed by atoms with Crippen LogP contribution in [0.5, 0.6) is 0 Å². The van der Waals surface area contributed by atoms with Crippen LogP contribution in [0.15, 0.2) is 22.7 Å². The van der Waals surface area contributed by atoms with E-state index in [0.717, 1.165) is 18.5 Å². The molecule has 1 saturated heterocycles. The van der Waals surface area contributed by atoms with Crippen molar-refractivity contribution in [2.24, 2.45) is 11.7 Å². The zero-order valence-corrected chi connectivity index (χ0v) is 13.9. The van der Waals surface area contributed by atoms with Gasteiger partial charge in [0, 0.05) is 23.1 Å². The smallest absolute Gasteiger partial charge is 0.0473 e. The van der Waals surface area contributed by atoms with Crippen molar-refractivity contribution < 1.29 is 0 Å². The van der Waals surface area contributed by atoms with Crippen molar-refractivity contribution in [3.8, 4) is 0 Å². The van der Waals surface area contributed by atoms with Gasteiger partial charge < -0.3 is 5.73 Å². The lowest BCUT2D eigenvalue weighted by molar-refractivity contribution is 0.0701. The molecule has 1 saturated carbocycles.